The first-order valence-electron chi connectivity index (χ1n) is 7.54. The lowest BCUT2D eigenvalue weighted by atomic mass is 10.1. The number of ether oxygens (including phenoxy) is 2. The standard InChI is InChI=1S/C17H18N2O6/c1-24-14(20)8-7-13(17(23)25-2)19-16(22)15(21)11-9-18-12-6-4-3-5-10(11)12/h3-6,9,13,18H,7-8H2,1-2H3,(H,19,22)/t13-/m0/s1. The Kier molecular flexibility index (Phi) is 5.89. The van der Waals surface area contributed by atoms with Gasteiger partial charge in [-0.05, 0) is 12.5 Å². The minimum atomic E-state index is -1.12. The molecule has 25 heavy (non-hydrogen) atoms. The van der Waals surface area contributed by atoms with Crippen LogP contribution < -0.4 is 5.32 Å². The van der Waals surface area contributed by atoms with Crippen molar-refractivity contribution in [2.24, 2.45) is 0 Å². The summed E-state index contributed by atoms with van der Waals surface area (Å²) in [6.07, 6.45) is 1.30. The summed E-state index contributed by atoms with van der Waals surface area (Å²) >= 11 is 0. The Morgan fingerprint density at radius 2 is 1.84 bits per heavy atom. The first-order chi connectivity index (χ1) is 12.0. The number of hydrogen-bond donors (Lipinski definition) is 2. The summed E-state index contributed by atoms with van der Waals surface area (Å²) in [5.41, 5.74) is 0.915. The maximum atomic E-state index is 12.4. The number of amides is 1. The number of para-hydroxylation sites is 1. The molecule has 1 heterocycles. The quantitative estimate of drug-likeness (QED) is 0.438. The minimum absolute atomic E-state index is 0.0355. The van der Waals surface area contributed by atoms with Crippen LogP contribution in [0.2, 0.25) is 0 Å². The number of hydrogen-bond acceptors (Lipinski definition) is 6. The zero-order valence-corrected chi connectivity index (χ0v) is 13.8. The molecule has 0 unspecified atom stereocenters. The van der Waals surface area contributed by atoms with Gasteiger partial charge in [-0.3, -0.25) is 14.4 Å². The van der Waals surface area contributed by atoms with E-state index < -0.39 is 29.7 Å². The summed E-state index contributed by atoms with van der Waals surface area (Å²) in [6.45, 7) is 0. The van der Waals surface area contributed by atoms with Gasteiger partial charge in [0.25, 0.3) is 11.7 Å². The molecule has 0 aliphatic rings. The second-order valence-corrected chi connectivity index (χ2v) is 5.24. The van der Waals surface area contributed by atoms with Crippen LogP contribution in [0.5, 0.6) is 0 Å². The van der Waals surface area contributed by atoms with Crippen LogP contribution in [0.1, 0.15) is 23.2 Å². The van der Waals surface area contributed by atoms with Crippen molar-refractivity contribution in [2.45, 2.75) is 18.9 Å². The molecule has 0 bridgehead atoms. The molecule has 1 atom stereocenters. The molecule has 1 aromatic carbocycles. The van der Waals surface area contributed by atoms with Crippen molar-refractivity contribution in [1.82, 2.24) is 10.3 Å². The van der Waals surface area contributed by atoms with Gasteiger partial charge in [-0.2, -0.15) is 0 Å². The number of nitrogens with one attached hydrogen (secondary N) is 2. The molecule has 0 spiro atoms. The van der Waals surface area contributed by atoms with Crippen molar-refractivity contribution in [3.63, 3.8) is 0 Å². The molecule has 0 radical (unpaired) electrons. The third-order valence-electron chi connectivity index (χ3n) is 3.70. The van der Waals surface area contributed by atoms with E-state index in [2.05, 4.69) is 19.8 Å². The van der Waals surface area contributed by atoms with Crippen molar-refractivity contribution >= 4 is 34.5 Å². The maximum absolute atomic E-state index is 12.4. The van der Waals surface area contributed by atoms with Crippen molar-refractivity contribution in [3.8, 4) is 0 Å². The van der Waals surface area contributed by atoms with Gasteiger partial charge < -0.3 is 19.8 Å². The molecule has 0 fully saturated rings. The van der Waals surface area contributed by atoms with Gasteiger partial charge in [0, 0.05) is 23.5 Å². The van der Waals surface area contributed by atoms with Gasteiger partial charge >= 0.3 is 11.9 Å². The number of carbonyl (C=O) groups excluding carboxylic acids is 4. The highest BCUT2D eigenvalue weighted by atomic mass is 16.5. The van der Waals surface area contributed by atoms with E-state index in [1.807, 2.05) is 0 Å². The van der Waals surface area contributed by atoms with Crippen LogP contribution in [-0.4, -0.2) is 48.9 Å². The molecular formula is C17H18N2O6. The fourth-order valence-electron chi connectivity index (χ4n) is 2.36. The normalized spacial score (nSPS) is 11.6. The molecule has 8 nitrogen and oxygen atoms in total. The molecule has 0 aliphatic heterocycles. The molecule has 2 rings (SSSR count). The molecule has 2 aromatic rings. The van der Waals surface area contributed by atoms with Gasteiger partial charge in [0.1, 0.15) is 6.04 Å². The number of esters is 2. The van der Waals surface area contributed by atoms with E-state index >= 15 is 0 Å². The third kappa shape index (κ3) is 4.23. The Morgan fingerprint density at radius 1 is 1.12 bits per heavy atom. The Labute approximate surface area is 143 Å². The third-order valence-corrected chi connectivity index (χ3v) is 3.70. The Balaban J connectivity index is 2.12. The predicted molar refractivity (Wildman–Crippen MR) is 87.8 cm³/mol. The van der Waals surface area contributed by atoms with Crippen LogP contribution in [-0.2, 0) is 23.9 Å². The number of H-pyrrole nitrogens is 1. The van der Waals surface area contributed by atoms with Gasteiger partial charge in [0.05, 0.1) is 19.8 Å². The van der Waals surface area contributed by atoms with E-state index in [1.54, 1.807) is 24.3 Å². The fraction of sp³-hybridized carbons (Fsp3) is 0.294. The van der Waals surface area contributed by atoms with Gasteiger partial charge in [-0.25, -0.2) is 4.79 Å². The van der Waals surface area contributed by atoms with Crippen molar-refractivity contribution < 1.29 is 28.7 Å². The molecular weight excluding hydrogens is 328 g/mol. The van der Waals surface area contributed by atoms with Crippen LogP contribution in [0.4, 0.5) is 0 Å². The molecule has 0 aliphatic carbocycles. The number of aromatic nitrogens is 1. The van der Waals surface area contributed by atoms with Crippen molar-refractivity contribution in [2.75, 3.05) is 14.2 Å². The first kappa shape index (κ1) is 18.2. The van der Waals surface area contributed by atoms with Crippen LogP contribution in [0.25, 0.3) is 10.9 Å². The van der Waals surface area contributed by atoms with E-state index in [0.717, 1.165) is 7.11 Å². The van der Waals surface area contributed by atoms with Crippen LogP contribution in [0.15, 0.2) is 30.5 Å². The zero-order valence-electron chi connectivity index (χ0n) is 13.8. The largest absolute Gasteiger partial charge is 0.469 e. The number of aromatic amines is 1. The van der Waals surface area contributed by atoms with Gasteiger partial charge in [0.2, 0.25) is 0 Å². The molecule has 1 amide bonds. The smallest absolute Gasteiger partial charge is 0.328 e. The number of Topliss-reactive ketones (excluding diaryl/α,β-unsaturated/α-hetero) is 1. The Hall–Kier alpha value is -3.16. The number of carbonyl (C=O) groups is 4. The van der Waals surface area contributed by atoms with E-state index in [9.17, 15) is 19.2 Å². The van der Waals surface area contributed by atoms with E-state index in [0.29, 0.717) is 10.9 Å². The minimum Gasteiger partial charge on any atom is -0.469 e. The predicted octanol–water partition coefficient (Wildman–Crippen LogP) is 0.962. The summed E-state index contributed by atoms with van der Waals surface area (Å²) in [5.74, 6) is -3.02. The average molecular weight is 346 g/mol. The lowest BCUT2D eigenvalue weighted by molar-refractivity contribution is -0.146. The fourth-order valence-corrected chi connectivity index (χ4v) is 2.36. The lowest BCUT2D eigenvalue weighted by Gasteiger charge is -2.15. The zero-order chi connectivity index (χ0) is 18.4. The number of rotatable bonds is 7. The van der Waals surface area contributed by atoms with Crippen LogP contribution in [0.3, 0.4) is 0 Å². The number of ketones is 1. The van der Waals surface area contributed by atoms with Gasteiger partial charge in [-0.15, -0.1) is 0 Å². The molecule has 0 saturated carbocycles. The van der Waals surface area contributed by atoms with E-state index in [4.69, 9.17) is 0 Å². The Bertz CT molecular complexity index is 810. The monoisotopic (exact) mass is 346 g/mol. The van der Waals surface area contributed by atoms with E-state index in [-0.39, 0.29) is 18.4 Å². The molecule has 2 N–H and O–H groups in total. The highest BCUT2D eigenvalue weighted by molar-refractivity contribution is 6.45. The molecule has 8 heteroatoms. The summed E-state index contributed by atoms with van der Waals surface area (Å²) in [4.78, 5) is 50.5. The number of fused-ring (bicyclic) bond motifs is 1. The molecule has 1 aromatic heterocycles. The summed E-state index contributed by atoms with van der Waals surface area (Å²) < 4.78 is 9.10. The number of benzene rings is 1. The van der Waals surface area contributed by atoms with Gasteiger partial charge in [0.15, 0.2) is 0 Å². The number of methoxy groups -OCH3 is 2. The van der Waals surface area contributed by atoms with Crippen LogP contribution >= 0.6 is 0 Å². The first-order valence-corrected chi connectivity index (χ1v) is 7.54. The second kappa shape index (κ2) is 8.09. The van der Waals surface area contributed by atoms with E-state index in [1.165, 1.54) is 13.3 Å². The van der Waals surface area contributed by atoms with Crippen molar-refractivity contribution in [3.05, 3.63) is 36.0 Å². The topological polar surface area (TPSA) is 115 Å². The highest BCUT2D eigenvalue weighted by Crippen LogP contribution is 2.18. The van der Waals surface area contributed by atoms with Crippen molar-refractivity contribution in [1.29, 1.82) is 0 Å². The lowest BCUT2D eigenvalue weighted by Crippen LogP contribution is -2.44. The maximum Gasteiger partial charge on any atom is 0.328 e. The second-order valence-electron chi connectivity index (χ2n) is 5.24. The molecule has 132 valence electrons. The molecule has 0 saturated heterocycles. The summed E-state index contributed by atoms with van der Waals surface area (Å²) in [7, 11) is 2.37. The van der Waals surface area contributed by atoms with Gasteiger partial charge in [-0.1, -0.05) is 18.2 Å². The average Bonchev–Trinajstić information content (AvgIpc) is 3.07. The van der Waals surface area contributed by atoms with Crippen LogP contribution in [0, 0.1) is 0 Å². The Morgan fingerprint density at radius 3 is 2.52 bits per heavy atom. The SMILES string of the molecule is COC(=O)CC[C@H](NC(=O)C(=O)c1c[nH]c2ccccc12)C(=O)OC. The highest BCUT2D eigenvalue weighted by Gasteiger charge is 2.27. The summed E-state index contributed by atoms with van der Waals surface area (Å²) in [5, 5.41) is 2.92. The summed E-state index contributed by atoms with van der Waals surface area (Å²) in [6, 6.07) is 5.91.